The molecule has 0 saturated carbocycles. The third kappa shape index (κ3) is 5.38. The van der Waals surface area contributed by atoms with Crippen molar-refractivity contribution in [3.05, 3.63) is 96.6 Å². The minimum absolute atomic E-state index is 0.253. The molecule has 1 aliphatic heterocycles. The molecule has 0 bridgehead atoms. The second-order valence-corrected chi connectivity index (χ2v) is 8.43. The zero-order valence-electron chi connectivity index (χ0n) is 16.4. The van der Waals surface area contributed by atoms with Crippen molar-refractivity contribution < 1.29 is 4.21 Å². The molecule has 3 rings (SSSR count). The van der Waals surface area contributed by atoms with E-state index in [2.05, 4.69) is 47.0 Å². The molecule has 1 fully saturated rings. The molecule has 0 spiro atoms. The van der Waals surface area contributed by atoms with Gasteiger partial charge in [-0.15, -0.1) is 0 Å². The van der Waals surface area contributed by atoms with Gasteiger partial charge in [0, 0.05) is 25.7 Å². The van der Waals surface area contributed by atoms with E-state index in [-0.39, 0.29) is 6.04 Å². The predicted octanol–water partition coefficient (Wildman–Crippen LogP) is 4.64. The van der Waals surface area contributed by atoms with Gasteiger partial charge in [0.05, 0.1) is 4.90 Å². The highest BCUT2D eigenvalue weighted by atomic mass is 32.2. The molecule has 0 aromatic heterocycles. The quantitative estimate of drug-likeness (QED) is 0.664. The SMILES string of the molecule is C=C/C=C(\C=C)c1ccc(CN2CC[C@@H](NS(=O)c3cccc(C)c3)C2)cc1. The van der Waals surface area contributed by atoms with Crippen LogP contribution in [0, 0.1) is 6.92 Å². The van der Waals surface area contributed by atoms with Crippen molar-refractivity contribution in [3.8, 4) is 0 Å². The predicted molar refractivity (Wildman–Crippen MR) is 119 cm³/mol. The molecular weight excluding hydrogens is 364 g/mol. The van der Waals surface area contributed by atoms with Crippen molar-refractivity contribution in [2.24, 2.45) is 0 Å². The molecule has 1 aliphatic rings. The Hall–Kier alpha value is -2.27. The Balaban J connectivity index is 1.54. The van der Waals surface area contributed by atoms with Gasteiger partial charge in [-0.05, 0) is 47.7 Å². The number of hydrogen-bond donors (Lipinski definition) is 1. The van der Waals surface area contributed by atoms with Gasteiger partial charge in [-0.25, -0.2) is 8.93 Å². The maximum absolute atomic E-state index is 12.6. The summed E-state index contributed by atoms with van der Waals surface area (Å²) in [6, 6.07) is 16.7. The lowest BCUT2D eigenvalue weighted by Gasteiger charge is -2.17. The lowest BCUT2D eigenvalue weighted by Crippen LogP contribution is -2.33. The largest absolute Gasteiger partial charge is 0.297 e. The van der Waals surface area contributed by atoms with Gasteiger partial charge in [-0.2, -0.15) is 0 Å². The Morgan fingerprint density at radius 2 is 2.04 bits per heavy atom. The van der Waals surface area contributed by atoms with Crippen LogP contribution < -0.4 is 4.72 Å². The van der Waals surface area contributed by atoms with Crippen molar-refractivity contribution in [2.45, 2.75) is 30.8 Å². The molecule has 1 N–H and O–H groups in total. The van der Waals surface area contributed by atoms with Crippen LogP contribution in [0.15, 0.2) is 84.8 Å². The normalized spacial score (nSPS) is 18.8. The number of hydrogen-bond acceptors (Lipinski definition) is 2. The number of benzene rings is 2. The smallest absolute Gasteiger partial charge is 0.125 e. The fraction of sp³-hybridized carbons (Fsp3) is 0.250. The lowest BCUT2D eigenvalue weighted by molar-refractivity contribution is 0.325. The number of rotatable bonds is 8. The van der Waals surface area contributed by atoms with Gasteiger partial charge in [0.2, 0.25) is 0 Å². The van der Waals surface area contributed by atoms with Crippen LogP contribution in [0.1, 0.15) is 23.1 Å². The van der Waals surface area contributed by atoms with Crippen LogP contribution in [-0.4, -0.2) is 28.2 Å². The fourth-order valence-electron chi connectivity index (χ4n) is 3.49. The number of nitrogens with zero attached hydrogens (tertiary/aromatic N) is 1. The molecule has 1 unspecified atom stereocenters. The van der Waals surface area contributed by atoms with E-state index in [0.29, 0.717) is 0 Å². The zero-order chi connectivity index (χ0) is 19.9. The van der Waals surface area contributed by atoms with E-state index in [1.54, 1.807) is 6.08 Å². The summed E-state index contributed by atoms with van der Waals surface area (Å²) in [5.41, 5.74) is 4.64. The average molecular weight is 393 g/mol. The molecule has 28 heavy (non-hydrogen) atoms. The number of allylic oxidation sites excluding steroid dienone is 4. The van der Waals surface area contributed by atoms with Crippen molar-refractivity contribution in [3.63, 3.8) is 0 Å². The van der Waals surface area contributed by atoms with Crippen molar-refractivity contribution in [1.29, 1.82) is 0 Å². The van der Waals surface area contributed by atoms with E-state index in [4.69, 9.17) is 0 Å². The second-order valence-electron chi connectivity index (χ2n) is 7.18. The summed E-state index contributed by atoms with van der Waals surface area (Å²) in [6.07, 6.45) is 6.61. The highest BCUT2D eigenvalue weighted by molar-refractivity contribution is 7.83. The van der Waals surface area contributed by atoms with E-state index in [1.807, 2.05) is 43.3 Å². The Bertz CT molecular complexity index is 886. The minimum atomic E-state index is -1.16. The molecule has 0 amide bonds. The van der Waals surface area contributed by atoms with Gasteiger partial charge in [0.1, 0.15) is 11.0 Å². The van der Waals surface area contributed by atoms with Gasteiger partial charge in [-0.3, -0.25) is 4.90 Å². The standard InChI is InChI=1S/C24H28N2OS/c1-4-7-21(5-2)22-12-10-20(11-13-22)17-26-15-14-23(18-26)25-28(27)24-9-6-8-19(3)16-24/h4-13,16,23,25H,1-2,14-15,17-18H2,3H3/b21-7+/t23-,28?/m1/s1. The van der Waals surface area contributed by atoms with Gasteiger partial charge < -0.3 is 0 Å². The van der Waals surface area contributed by atoms with Crippen molar-refractivity contribution in [1.82, 2.24) is 9.62 Å². The number of likely N-dealkylation sites (tertiary alicyclic amines) is 1. The first kappa shape index (κ1) is 20.5. The molecule has 0 radical (unpaired) electrons. The summed E-state index contributed by atoms with van der Waals surface area (Å²) in [5, 5.41) is 0. The highest BCUT2D eigenvalue weighted by Crippen LogP contribution is 2.19. The summed E-state index contributed by atoms with van der Waals surface area (Å²) in [4.78, 5) is 3.26. The van der Waals surface area contributed by atoms with Crippen LogP contribution in [0.25, 0.3) is 5.57 Å². The third-order valence-corrected chi connectivity index (χ3v) is 6.19. The molecule has 0 aliphatic carbocycles. The summed E-state index contributed by atoms with van der Waals surface area (Å²) in [5.74, 6) is 0. The van der Waals surface area contributed by atoms with E-state index in [9.17, 15) is 4.21 Å². The van der Waals surface area contributed by atoms with Gasteiger partial charge in [0.25, 0.3) is 0 Å². The van der Waals surface area contributed by atoms with E-state index in [1.165, 1.54) is 5.56 Å². The van der Waals surface area contributed by atoms with Crippen LogP contribution >= 0.6 is 0 Å². The topological polar surface area (TPSA) is 32.3 Å². The Labute approximate surface area is 171 Å². The number of nitrogens with one attached hydrogen (secondary N) is 1. The molecule has 3 nitrogen and oxygen atoms in total. The van der Waals surface area contributed by atoms with Crippen molar-refractivity contribution in [2.75, 3.05) is 13.1 Å². The maximum atomic E-state index is 12.6. The second kappa shape index (κ2) is 9.78. The summed E-state index contributed by atoms with van der Waals surface area (Å²) in [6.45, 7) is 12.5. The number of aryl methyl sites for hydroxylation is 1. The third-order valence-electron chi connectivity index (χ3n) is 4.96. The maximum Gasteiger partial charge on any atom is 0.125 e. The van der Waals surface area contributed by atoms with Crippen LogP contribution in [0.2, 0.25) is 0 Å². The molecule has 1 heterocycles. The first-order valence-corrected chi connectivity index (χ1v) is 10.8. The Morgan fingerprint density at radius 3 is 2.71 bits per heavy atom. The molecule has 2 aromatic carbocycles. The molecule has 146 valence electrons. The first-order chi connectivity index (χ1) is 13.6. The van der Waals surface area contributed by atoms with Gasteiger partial charge in [0.15, 0.2) is 0 Å². The minimum Gasteiger partial charge on any atom is -0.297 e. The van der Waals surface area contributed by atoms with E-state index < -0.39 is 11.0 Å². The van der Waals surface area contributed by atoms with Crippen LogP contribution in [-0.2, 0) is 17.5 Å². The van der Waals surface area contributed by atoms with Crippen LogP contribution in [0.4, 0.5) is 0 Å². The van der Waals surface area contributed by atoms with Gasteiger partial charge in [-0.1, -0.05) is 67.8 Å². The zero-order valence-corrected chi connectivity index (χ0v) is 17.3. The molecule has 4 heteroatoms. The summed E-state index contributed by atoms with van der Waals surface area (Å²) < 4.78 is 15.8. The Kier molecular flexibility index (Phi) is 7.15. The van der Waals surface area contributed by atoms with E-state index in [0.717, 1.165) is 47.7 Å². The summed E-state index contributed by atoms with van der Waals surface area (Å²) >= 11 is 0. The highest BCUT2D eigenvalue weighted by Gasteiger charge is 2.24. The molecule has 2 atom stereocenters. The molecule has 1 saturated heterocycles. The Morgan fingerprint density at radius 1 is 1.25 bits per heavy atom. The summed E-state index contributed by atoms with van der Waals surface area (Å²) in [7, 11) is -1.16. The van der Waals surface area contributed by atoms with Crippen molar-refractivity contribution >= 4 is 16.6 Å². The average Bonchev–Trinajstić information content (AvgIpc) is 3.13. The van der Waals surface area contributed by atoms with Crippen LogP contribution in [0.5, 0.6) is 0 Å². The van der Waals surface area contributed by atoms with Crippen LogP contribution in [0.3, 0.4) is 0 Å². The lowest BCUT2D eigenvalue weighted by atomic mass is 10.0. The monoisotopic (exact) mass is 392 g/mol. The van der Waals surface area contributed by atoms with E-state index >= 15 is 0 Å². The fourth-order valence-corrected chi connectivity index (χ4v) is 4.62. The molecular formula is C24H28N2OS. The van der Waals surface area contributed by atoms with Gasteiger partial charge >= 0.3 is 0 Å². The molecule has 2 aromatic rings. The first-order valence-electron chi connectivity index (χ1n) is 9.60.